The molecule has 0 aliphatic heterocycles. The molecule has 2 aromatic carbocycles. The number of aromatic nitrogens is 4. The Balaban J connectivity index is 1.44. The van der Waals surface area contributed by atoms with E-state index in [1.54, 1.807) is 42.1 Å². The molecule has 10 nitrogen and oxygen atoms in total. The summed E-state index contributed by atoms with van der Waals surface area (Å²) in [6, 6.07) is 12.8. The number of anilines is 1. The lowest BCUT2D eigenvalue weighted by Gasteiger charge is -2.08. The number of halogens is 2. The monoisotopic (exact) mass is 514 g/mol. The van der Waals surface area contributed by atoms with Gasteiger partial charge in [0.25, 0.3) is 5.91 Å². The van der Waals surface area contributed by atoms with Gasteiger partial charge in [0.2, 0.25) is 0 Å². The van der Waals surface area contributed by atoms with Gasteiger partial charge in [-0.3, -0.25) is 19.6 Å². The van der Waals surface area contributed by atoms with Crippen molar-refractivity contribution in [2.24, 2.45) is 0 Å². The van der Waals surface area contributed by atoms with Gasteiger partial charge in [0.1, 0.15) is 0 Å². The molecule has 35 heavy (non-hydrogen) atoms. The molecule has 4 aromatic rings. The molecule has 0 spiro atoms. The minimum absolute atomic E-state index is 0.101. The maximum atomic E-state index is 12.8. The molecule has 2 heterocycles. The Kier molecular flexibility index (Phi) is 7.04. The predicted octanol–water partition coefficient (Wildman–Crippen LogP) is 5.25. The number of nitro benzene ring substituents is 1. The average Bonchev–Trinajstić information content (AvgIpc) is 3.40. The first-order chi connectivity index (χ1) is 16.7. The van der Waals surface area contributed by atoms with Gasteiger partial charge in [-0.2, -0.15) is 10.2 Å². The summed E-state index contributed by atoms with van der Waals surface area (Å²) in [7, 11) is 0. The first-order valence-electron chi connectivity index (χ1n) is 10.4. The number of carbonyl (C=O) groups excluding carboxylic acids is 1. The first-order valence-corrected chi connectivity index (χ1v) is 11.2. The Bertz CT molecular complexity index is 1420. The third-order valence-electron chi connectivity index (χ3n) is 5.24. The van der Waals surface area contributed by atoms with Crippen molar-refractivity contribution in [1.29, 1.82) is 0 Å². The van der Waals surface area contributed by atoms with Crippen LogP contribution in [0.3, 0.4) is 0 Å². The van der Waals surface area contributed by atoms with Crippen LogP contribution in [-0.2, 0) is 13.3 Å². The Morgan fingerprint density at radius 1 is 1.14 bits per heavy atom. The van der Waals surface area contributed by atoms with Crippen molar-refractivity contribution in [1.82, 2.24) is 19.6 Å². The van der Waals surface area contributed by atoms with Crippen LogP contribution in [0.5, 0.6) is 5.75 Å². The number of ether oxygens (including phenoxy) is 1. The van der Waals surface area contributed by atoms with E-state index in [-0.39, 0.29) is 23.9 Å². The smallest absolute Gasteiger partial charge is 0.311 e. The van der Waals surface area contributed by atoms with Gasteiger partial charge in [0, 0.05) is 22.3 Å². The minimum Gasteiger partial charge on any atom is -0.464 e. The number of nitrogens with zero attached hydrogens (tertiary/aromatic N) is 5. The molecule has 0 bridgehead atoms. The molecule has 2 aromatic heterocycles. The van der Waals surface area contributed by atoms with Crippen LogP contribution in [0, 0.1) is 24.0 Å². The van der Waals surface area contributed by atoms with Crippen LogP contribution >= 0.6 is 23.2 Å². The molecule has 1 N–H and O–H groups in total. The summed E-state index contributed by atoms with van der Waals surface area (Å²) in [5.41, 5.74) is 2.81. The number of benzene rings is 2. The summed E-state index contributed by atoms with van der Waals surface area (Å²) in [4.78, 5) is 23.4. The van der Waals surface area contributed by atoms with E-state index >= 15 is 0 Å². The van der Waals surface area contributed by atoms with E-state index in [1.807, 2.05) is 13.0 Å². The minimum atomic E-state index is -0.525. The molecule has 1 amide bonds. The van der Waals surface area contributed by atoms with Crippen LogP contribution in [0.1, 0.15) is 27.4 Å². The van der Waals surface area contributed by atoms with Crippen molar-refractivity contribution in [3.8, 4) is 5.75 Å². The average molecular weight is 515 g/mol. The van der Waals surface area contributed by atoms with E-state index in [4.69, 9.17) is 27.9 Å². The highest BCUT2D eigenvalue weighted by Gasteiger charge is 2.18. The number of aryl methyl sites for hydroxylation is 1. The SMILES string of the molecule is Cc1nn(Cc2ccc(Cl)cc2Cl)c(C)c1NC(=O)c1ccn(COc2ccccc2[N+](=O)[O-])n1. The quantitative estimate of drug-likeness (QED) is 0.253. The number of nitrogens with one attached hydrogen (secondary N) is 1. The molecule has 4 rings (SSSR count). The highest BCUT2D eigenvalue weighted by Crippen LogP contribution is 2.27. The summed E-state index contributed by atoms with van der Waals surface area (Å²) < 4.78 is 8.63. The summed E-state index contributed by atoms with van der Waals surface area (Å²) >= 11 is 12.3. The molecule has 0 aliphatic rings. The Labute approximate surface area is 210 Å². The van der Waals surface area contributed by atoms with Gasteiger partial charge in [0.15, 0.2) is 18.2 Å². The maximum absolute atomic E-state index is 12.8. The summed E-state index contributed by atoms with van der Waals surface area (Å²) in [5, 5.41) is 23.8. The van der Waals surface area contributed by atoms with Gasteiger partial charge in [-0.25, -0.2) is 4.68 Å². The summed E-state index contributed by atoms with van der Waals surface area (Å²) in [5.74, 6) is -0.317. The van der Waals surface area contributed by atoms with Crippen molar-refractivity contribution >= 4 is 40.5 Å². The van der Waals surface area contributed by atoms with Gasteiger partial charge in [0.05, 0.1) is 28.5 Å². The summed E-state index contributed by atoms with van der Waals surface area (Å²) in [6.45, 7) is 3.95. The van der Waals surface area contributed by atoms with Gasteiger partial charge >= 0.3 is 5.69 Å². The molecule has 0 unspecified atom stereocenters. The molecular weight excluding hydrogens is 495 g/mol. The zero-order valence-electron chi connectivity index (χ0n) is 18.7. The Morgan fingerprint density at radius 2 is 1.91 bits per heavy atom. The van der Waals surface area contributed by atoms with E-state index in [2.05, 4.69) is 15.5 Å². The van der Waals surface area contributed by atoms with E-state index in [0.29, 0.717) is 28.0 Å². The second-order valence-electron chi connectivity index (χ2n) is 7.63. The predicted molar refractivity (Wildman–Crippen MR) is 131 cm³/mol. The highest BCUT2D eigenvalue weighted by molar-refractivity contribution is 6.35. The van der Waals surface area contributed by atoms with Gasteiger partial charge in [-0.15, -0.1) is 0 Å². The van der Waals surface area contributed by atoms with E-state index in [9.17, 15) is 14.9 Å². The van der Waals surface area contributed by atoms with Crippen molar-refractivity contribution in [3.63, 3.8) is 0 Å². The first kappa shape index (κ1) is 24.2. The molecule has 0 fully saturated rings. The number of amides is 1. The number of para-hydroxylation sites is 2. The number of hydrogen-bond donors (Lipinski definition) is 1. The Hall–Kier alpha value is -3.89. The molecule has 0 atom stereocenters. The number of carbonyl (C=O) groups is 1. The van der Waals surface area contributed by atoms with Crippen molar-refractivity contribution in [2.45, 2.75) is 27.1 Å². The lowest BCUT2D eigenvalue weighted by atomic mass is 10.2. The molecular formula is C23H20Cl2N6O4. The van der Waals surface area contributed by atoms with E-state index in [1.165, 1.54) is 22.9 Å². The lowest BCUT2D eigenvalue weighted by molar-refractivity contribution is -0.386. The van der Waals surface area contributed by atoms with Crippen molar-refractivity contribution < 1.29 is 14.5 Å². The van der Waals surface area contributed by atoms with Crippen LogP contribution < -0.4 is 10.1 Å². The largest absolute Gasteiger partial charge is 0.464 e. The van der Waals surface area contributed by atoms with Gasteiger partial charge in [-0.05, 0) is 43.7 Å². The van der Waals surface area contributed by atoms with E-state index in [0.717, 1.165) is 11.3 Å². The van der Waals surface area contributed by atoms with Crippen LogP contribution in [0.15, 0.2) is 54.7 Å². The number of hydrogen-bond acceptors (Lipinski definition) is 6. The molecule has 0 radical (unpaired) electrons. The highest BCUT2D eigenvalue weighted by atomic mass is 35.5. The fraction of sp³-hybridized carbons (Fsp3) is 0.174. The van der Waals surface area contributed by atoms with E-state index < -0.39 is 10.8 Å². The lowest BCUT2D eigenvalue weighted by Crippen LogP contribution is -2.15. The maximum Gasteiger partial charge on any atom is 0.311 e. The second-order valence-corrected chi connectivity index (χ2v) is 8.48. The zero-order valence-corrected chi connectivity index (χ0v) is 20.2. The molecule has 180 valence electrons. The van der Waals surface area contributed by atoms with Crippen LogP contribution in [0.25, 0.3) is 0 Å². The number of nitro groups is 1. The molecule has 0 aliphatic carbocycles. The molecule has 0 saturated heterocycles. The molecule has 12 heteroatoms. The molecule has 0 saturated carbocycles. The van der Waals surface area contributed by atoms with Crippen molar-refractivity contribution in [2.75, 3.05) is 5.32 Å². The van der Waals surface area contributed by atoms with Crippen LogP contribution in [0.2, 0.25) is 10.0 Å². The third kappa shape index (κ3) is 5.44. The fourth-order valence-electron chi connectivity index (χ4n) is 3.44. The summed E-state index contributed by atoms with van der Waals surface area (Å²) in [6.07, 6.45) is 1.55. The zero-order chi connectivity index (χ0) is 25.1. The topological polar surface area (TPSA) is 117 Å². The number of rotatable bonds is 8. The standard InChI is InChI=1S/C23H20Cl2N6O4/c1-14-22(15(2)30(27-14)12-16-7-8-17(24)11-18(16)25)26-23(32)19-9-10-29(28-19)13-35-21-6-4-3-5-20(21)31(33)34/h3-11H,12-13H2,1-2H3,(H,26,32). The normalized spacial score (nSPS) is 10.9. The third-order valence-corrected chi connectivity index (χ3v) is 5.83. The van der Waals surface area contributed by atoms with Crippen LogP contribution in [0.4, 0.5) is 11.4 Å². The van der Waals surface area contributed by atoms with Crippen molar-refractivity contribution in [3.05, 3.63) is 97.5 Å². The van der Waals surface area contributed by atoms with Gasteiger partial charge < -0.3 is 10.1 Å². The second kappa shape index (κ2) is 10.2. The van der Waals surface area contributed by atoms with Gasteiger partial charge in [-0.1, -0.05) is 41.4 Å². The van der Waals surface area contributed by atoms with Crippen LogP contribution in [-0.4, -0.2) is 30.4 Å². The Morgan fingerprint density at radius 3 is 2.66 bits per heavy atom. The fourth-order valence-corrected chi connectivity index (χ4v) is 3.91.